The average Bonchev–Trinajstić information content (AvgIpc) is 3.48. The number of hydrogen-bond donors (Lipinski definition) is 4. The number of carbonyl (C=O) groups is 2. The van der Waals surface area contributed by atoms with Crippen LogP contribution in [-0.4, -0.2) is 32.4 Å². The van der Waals surface area contributed by atoms with Crippen LogP contribution in [0.1, 0.15) is 62.5 Å². The Morgan fingerprint density at radius 1 is 0.769 bits per heavy atom. The van der Waals surface area contributed by atoms with E-state index in [0.717, 1.165) is 0 Å². The van der Waals surface area contributed by atoms with Crippen LogP contribution in [0.3, 0.4) is 0 Å². The largest absolute Gasteiger partial charge is 0.508 e. The van der Waals surface area contributed by atoms with Gasteiger partial charge in [0.1, 0.15) is 11.5 Å². The van der Waals surface area contributed by atoms with Gasteiger partial charge < -0.3 is 20.4 Å². The number of aromatic hydroxyl groups is 2. The predicted molar refractivity (Wildman–Crippen MR) is 94.3 cm³/mol. The number of phenolic OH excluding ortho intramolecular Hbond substituents is 2. The van der Waals surface area contributed by atoms with Crippen LogP contribution in [-0.2, 0) is 22.4 Å². The maximum atomic E-state index is 11.3. The van der Waals surface area contributed by atoms with Crippen molar-refractivity contribution in [3.63, 3.8) is 0 Å². The molecule has 0 atom stereocenters. The van der Waals surface area contributed by atoms with Crippen molar-refractivity contribution in [3.8, 4) is 11.5 Å². The van der Waals surface area contributed by atoms with Gasteiger partial charge in [0.15, 0.2) is 0 Å². The van der Waals surface area contributed by atoms with E-state index >= 15 is 0 Å². The van der Waals surface area contributed by atoms with Gasteiger partial charge in [0.05, 0.1) is 10.8 Å². The van der Waals surface area contributed by atoms with Crippen LogP contribution in [0.5, 0.6) is 11.5 Å². The fourth-order valence-electron chi connectivity index (χ4n) is 3.88. The first-order chi connectivity index (χ1) is 12.3. The lowest BCUT2D eigenvalue weighted by Crippen LogP contribution is -2.15. The van der Waals surface area contributed by atoms with Gasteiger partial charge in [-0.3, -0.25) is 9.59 Å². The molecule has 1 aromatic carbocycles. The molecular formula is C20H26O6. The molecule has 0 aliphatic heterocycles. The topological polar surface area (TPSA) is 115 Å². The first kappa shape index (κ1) is 18.5. The highest BCUT2D eigenvalue weighted by Crippen LogP contribution is 2.51. The highest BCUT2D eigenvalue weighted by Gasteiger charge is 2.50. The fourth-order valence-corrected chi connectivity index (χ4v) is 3.88. The molecule has 6 nitrogen and oxygen atoms in total. The molecule has 6 heteroatoms. The van der Waals surface area contributed by atoms with E-state index in [4.69, 9.17) is 0 Å². The normalized spacial score (nSPS) is 19.1. The van der Waals surface area contributed by atoms with Crippen molar-refractivity contribution in [2.45, 2.75) is 64.2 Å². The molecule has 142 valence electrons. The molecule has 0 aromatic heterocycles. The second kappa shape index (κ2) is 6.82. The molecule has 0 saturated heterocycles. The van der Waals surface area contributed by atoms with Gasteiger partial charge in [-0.15, -0.1) is 0 Å². The summed E-state index contributed by atoms with van der Waals surface area (Å²) in [6, 6.07) is 2.91. The maximum Gasteiger partial charge on any atom is 0.309 e. The van der Waals surface area contributed by atoms with Crippen LogP contribution in [0, 0.1) is 10.8 Å². The Balaban J connectivity index is 1.62. The summed E-state index contributed by atoms with van der Waals surface area (Å²) in [6.45, 7) is 0. The minimum atomic E-state index is -0.749. The third-order valence-corrected chi connectivity index (χ3v) is 6.16. The van der Waals surface area contributed by atoms with Crippen molar-refractivity contribution in [1.82, 2.24) is 0 Å². The molecule has 2 fully saturated rings. The molecule has 0 heterocycles. The van der Waals surface area contributed by atoms with Crippen LogP contribution >= 0.6 is 0 Å². The molecular weight excluding hydrogens is 336 g/mol. The van der Waals surface area contributed by atoms with E-state index in [1.54, 1.807) is 0 Å². The Hall–Kier alpha value is -2.24. The van der Waals surface area contributed by atoms with E-state index in [1.165, 1.54) is 12.1 Å². The Labute approximate surface area is 152 Å². The Morgan fingerprint density at radius 3 is 1.38 bits per heavy atom. The van der Waals surface area contributed by atoms with Gasteiger partial charge in [0, 0.05) is 11.1 Å². The molecule has 26 heavy (non-hydrogen) atoms. The van der Waals surface area contributed by atoms with Crippen molar-refractivity contribution in [3.05, 3.63) is 23.3 Å². The maximum absolute atomic E-state index is 11.3. The number of carboxylic acids is 2. The van der Waals surface area contributed by atoms with E-state index in [9.17, 15) is 30.0 Å². The van der Waals surface area contributed by atoms with E-state index in [-0.39, 0.29) is 11.5 Å². The van der Waals surface area contributed by atoms with E-state index in [0.29, 0.717) is 75.3 Å². The zero-order valence-electron chi connectivity index (χ0n) is 14.8. The van der Waals surface area contributed by atoms with Crippen molar-refractivity contribution in [2.75, 3.05) is 0 Å². The summed E-state index contributed by atoms with van der Waals surface area (Å²) in [5, 5.41) is 38.9. The first-order valence-corrected chi connectivity index (χ1v) is 9.29. The molecule has 4 N–H and O–H groups in total. The van der Waals surface area contributed by atoms with Crippen LogP contribution < -0.4 is 0 Å². The smallest absolute Gasteiger partial charge is 0.309 e. The average molecular weight is 362 g/mol. The molecule has 1 aromatic rings. The van der Waals surface area contributed by atoms with Crippen LogP contribution in [0.2, 0.25) is 0 Å². The van der Waals surface area contributed by atoms with Gasteiger partial charge in [-0.25, -0.2) is 0 Å². The Morgan fingerprint density at radius 2 is 1.12 bits per heavy atom. The fraction of sp³-hybridized carbons (Fsp3) is 0.600. The number of phenols is 2. The quantitative estimate of drug-likeness (QED) is 0.474. The Bertz CT molecular complexity index is 654. The highest BCUT2D eigenvalue weighted by atomic mass is 16.4. The van der Waals surface area contributed by atoms with Crippen molar-refractivity contribution >= 4 is 11.9 Å². The summed E-state index contributed by atoms with van der Waals surface area (Å²) < 4.78 is 0. The number of aliphatic carboxylic acids is 2. The lowest BCUT2D eigenvalue weighted by Gasteiger charge is -2.16. The second-order valence-electron chi connectivity index (χ2n) is 7.94. The van der Waals surface area contributed by atoms with Gasteiger partial charge in [0.2, 0.25) is 0 Å². The summed E-state index contributed by atoms with van der Waals surface area (Å²) in [6.07, 6.45) is 6.25. The van der Waals surface area contributed by atoms with E-state index < -0.39 is 22.8 Å². The molecule has 2 aliphatic carbocycles. The van der Waals surface area contributed by atoms with Crippen molar-refractivity contribution in [1.29, 1.82) is 0 Å². The van der Waals surface area contributed by atoms with Crippen LogP contribution in [0.25, 0.3) is 0 Å². The molecule has 2 aliphatic rings. The summed E-state index contributed by atoms with van der Waals surface area (Å²) in [5.41, 5.74) is 0.136. The molecule has 0 amide bonds. The molecule has 0 spiro atoms. The SMILES string of the molecule is O=C(O)C1(CCCc2c(O)ccc(O)c2CCCC2(C(=O)O)CC2)CC1. The predicted octanol–water partition coefficient (Wildman–Crippen LogP) is 3.47. The third-order valence-electron chi connectivity index (χ3n) is 6.16. The lowest BCUT2D eigenvalue weighted by atomic mass is 9.91. The molecule has 2 saturated carbocycles. The number of benzene rings is 1. The monoisotopic (exact) mass is 362 g/mol. The zero-order valence-corrected chi connectivity index (χ0v) is 14.8. The minimum Gasteiger partial charge on any atom is -0.508 e. The van der Waals surface area contributed by atoms with Crippen LogP contribution in [0.15, 0.2) is 12.1 Å². The summed E-state index contributed by atoms with van der Waals surface area (Å²) in [7, 11) is 0. The Kier molecular flexibility index (Phi) is 4.86. The molecule has 0 unspecified atom stereocenters. The van der Waals surface area contributed by atoms with Crippen molar-refractivity contribution < 1.29 is 30.0 Å². The highest BCUT2D eigenvalue weighted by molar-refractivity contribution is 5.78. The van der Waals surface area contributed by atoms with Gasteiger partial charge >= 0.3 is 11.9 Å². The molecule has 3 rings (SSSR count). The van der Waals surface area contributed by atoms with Gasteiger partial charge in [0.25, 0.3) is 0 Å². The number of carboxylic acid groups (broad SMARTS) is 2. The van der Waals surface area contributed by atoms with E-state index in [1.807, 2.05) is 0 Å². The molecule has 0 radical (unpaired) electrons. The van der Waals surface area contributed by atoms with Crippen molar-refractivity contribution in [2.24, 2.45) is 10.8 Å². The first-order valence-electron chi connectivity index (χ1n) is 9.29. The summed E-state index contributed by atoms with van der Waals surface area (Å²) in [4.78, 5) is 22.5. The van der Waals surface area contributed by atoms with E-state index in [2.05, 4.69) is 0 Å². The zero-order chi connectivity index (χ0) is 18.9. The van der Waals surface area contributed by atoms with Gasteiger partial charge in [-0.05, 0) is 76.3 Å². The standard InChI is InChI=1S/C20H26O6/c21-15-5-6-16(22)14(4-2-8-20(11-12-20)18(25)26)13(15)3-1-7-19(9-10-19)17(23)24/h5-6,21-22H,1-4,7-12H2,(H,23,24)(H,25,26). The third kappa shape index (κ3) is 3.64. The number of rotatable bonds is 10. The van der Waals surface area contributed by atoms with Gasteiger partial charge in [-0.2, -0.15) is 0 Å². The second-order valence-corrected chi connectivity index (χ2v) is 7.94. The summed E-state index contributed by atoms with van der Waals surface area (Å²) in [5.74, 6) is -1.28. The molecule has 0 bridgehead atoms. The van der Waals surface area contributed by atoms with Crippen LogP contribution in [0.4, 0.5) is 0 Å². The van der Waals surface area contributed by atoms with Gasteiger partial charge in [-0.1, -0.05) is 0 Å². The summed E-state index contributed by atoms with van der Waals surface area (Å²) >= 11 is 0. The minimum absolute atomic E-state index is 0.109. The lowest BCUT2D eigenvalue weighted by molar-refractivity contribution is -0.144. The number of hydrogen-bond acceptors (Lipinski definition) is 4.